The van der Waals surface area contributed by atoms with Gasteiger partial charge in [-0.05, 0) is 37.3 Å². The Labute approximate surface area is 197 Å². The van der Waals surface area contributed by atoms with Crippen LogP contribution in [0.3, 0.4) is 0 Å². The monoisotopic (exact) mass is 500 g/mol. The van der Waals surface area contributed by atoms with Gasteiger partial charge in [-0.2, -0.15) is 13.2 Å². The van der Waals surface area contributed by atoms with Gasteiger partial charge in [0.1, 0.15) is 0 Å². The van der Waals surface area contributed by atoms with Crippen LogP contribution in [0.25, 0.3) is 0 Å². The summed E-state index contributed by atoms with van der Waals surface area (Å²) in [4.78, 5) is 37.4. The summed E-state index contributed by atoms with van der Waals surface area (Å²) in [5.41, 5.74) is 0.384. The molecule has 0 atom stereocenters. The molecule has 3 rings (SSSR count). The second-order valence-corrected chi connectivity index (χ2v) is 7.70. The van der Waals surface area contributed by atoms with Gasteiger partial charge in [0.15, 0.2) is 5.75 Å². The molecule has 182 valence electrons. The molecule has 2 amide bonds. The number of halogens is 4. The summed E-state index contributed by atoms with van der Waals surface area (Å²) in [5.74, 6) is -2.52. The third-order valence-corrected chi connectivity index (χ3v) is 5.31. The number of piperazine rings is 1. The van der Waals surface area contributed by atoms with Crippen LogP contribution in [0.4, 0.5) is 30.2 Å². The highest BCUT2D eigenvalue weighted by molar-refractivity contribution is 6.31. The van der Waals surface area contributed by atoms with E-state index in [0.29, 0.717) is 10.7 Å². The number of alkyl halides is 3. The average Bonchev–Trinajstić information content (AvgIpc) is 2.78. The first-order chi connectivity index (χ1) is 16.0. The van der Waals surface area contributed by atoms with Crippen LogP contribution in [-0.2, 0) is 4.79 Å². The van der Waals surface area contributed by atoms with Crippen LogP contribution in [0.2, 0.25) is 5.02 Å². The standard InChI is InChI=1S/C21H20ClF3N4O5/c1-2-34-18-6-3-13(11-17(18)29(32)33)19(30)26-15-12-14(22)4-5-16(15)27-7-9-28(10-8-27)20(31)21(23,24)25/h3-6,11-12H,2,7-10H2,1H3,(H,26,30). The lowest BCUT2D eigenvalue weighted by molar-refractivity contribution is -0.385. The molecule has 34 heavy (non-hydrogen) atoms. The Morgan fingerprint density at radius 2 is 1.82 bits per heavy atom. The number of benzene rings is 2. The summed E-state index contributed by atoms with van der Waals surface area (Å²) < 4.78 is 43.3. The van der Waals surface area contributed by atoms with E-state index in [4.69, 9.17) is 16.3 Å². The number of nitrogens with zero attached hydrogens (tertiary/aromatic N) is 3. The zero-order valence-electron chi connectivity index (χ0n) is 17.9. The number of nitro groups is 1. The van der Waals surface area contributed by atoms with Crippen LogP contribution in [0, 0.1) is 10.1 Å². The molecule has 0 bridgehead atoms. The normalized spacial score (nSPS) is 14.0. The van der Waals surface area contributed by atoms with Gasteiger partial charge in [-0.1, -0.05) is 11.6 Å². The van der Waals surface area contributed by atoms with Crippen molar-refractivity contribution in [2.45, 2.75) is 13.1 Å². The summed E-state index contributed by atoms with van der Waals surface area (Å²) in [7, 11) is 0. The Kier molecular flexibility index (Phi) is 7.50. The first-order valence-corrected chi connectivity index (χ1v) is 10.5. The number of hydrogen-bond acceptors (Lipinski definition) is 6. The molecule has 13 heteroatoms. The highest BCUT2D eigenvalue weighted by Gasteiger charge is 2.43. The Bertz CT molecular complexity index is 1100. The van der Waals surface area contributed by atoms with Crippen LogP contribution in [-0.4, -0.2) is 60.6 Å². The Hall–Kier alpha value is -3.54. The molecule has 1 aliphatic heterocycles. The fraction of sp³-hybridized carbons (Fsp3) is 0.333. The van der Waals surface area contributed by atoms with Crippen LogP contribution in [0.15, 0.2) is 36.4 Å². The van der Waals surface area contributed by atoms with E-state index in [1.54, 1.807) is 24.0 Å². The van der Waals surface area contributed by atoms with E-state index in [0.717, 1.165) is 11.0 Å². The zero-order valence-corrected chi connectivity index (χ0v) is 18.7. The van der Waals surface area contributed by atoms with Crippen molar-refractivity contribution in [1.29, 1.82) is 0 Å². The van der Waals surface area contributed by atoms with Crippen LogP contribution in [0.5, 0.6) is 5.75 Å². The van der Waals surface area contributed by atoms with E-state index in [-0.39, 0.29) is 55.5 Å². The SMILES string of the molecule is CCOc1ccc(C(=O)Nc2cc(Cl)ccc2N2CCN(C(=O)C(F)(F)F)CC2)cc1[N+](=O)[O-]. The van der Waals surface area contributed by atoms with E-state index >= 15 is 0 Å². The Balaban J connectivity index is 1.80. The minimum absolute atomic E-state index is 0.00155. The van der Waals surface area contributed by atoms with Crippen molar-refractivity contribution in [3.05, 3.63) is 57.1 Å². The molecule has 0 radical (unpaired) electrons. The predicted octanol–water partition coefficient (Wildman–Crippen LogP) is 4.11. The largest absolute Gasteiger partial charge is 0.487 e. The first kappa shape index (κ1) is 25.1. The van der Waals surface area contributed by atoms with Crippen molar-refractivity contribution < 1.29 is 32.4 Å². The molecule has 0 spiro atoms. The molecule has 0 aromatic heterocycles. The van der Waals surface area contributed by atoms with Crippen molar-refractivity contribution in [2.24, 2.45) is 0 Å². The Morgan fingerprint density at radius 3 is 2.41 bits per heavy atom. The minimum atomic E-state index is -4.94. The lowest BCUT2D eigenvalue weighted by Gasteiger charge is -2.37. The van der Waals surface area contributed by atoms with Crippen molar-refractivity contribution in [2.75, 3.05) is 43.0 Å². The number of carbonyl (C=O) groups excluding carboxylic acids is 2. The molecule has 0 saturated carbocycles. The third kappa shape index (κ3) is 5.68. The van der Waals surface area contributed by atoms with Crippen molar-refractivity contribution in [3.8, 4) is 5.75 Å². The Morgan fingerprint density at radius 1 is 1.15 bits per heavy atom. The smallest absolute Gasteiger partial charge is 0.471 e. The molecular weight excluding hydrogens is 481 g/mol. The number of nitrogens with one attached hydrogen (secondary N) is 1. The van der Waals surface area contributed by atoms with Gasteiger partial charge in [-0.15, -0.1) is 0 Å². The third-order valence-electron chi connectivity index (χ3n) is 5.07. The number of nitro benzene ring substituents is 1. The van der Waals surface area contributed by atoms with E-state index in [9.17, 15) is 32.9 Å². The highest BCUT2D eigenvalue weighted by Crippen LogP contribution is 2.32. The summed E-state index contributed by atoms with van der Waals surface area (Å²) in [5, 5.41) is 14.3. The number of rotatable bonds is 6. The highest BCUT2D eigenvalue weighted by atomic mass is 35.5. The fourth-order valence-corrected chi connectivity index (χ4v) is 3.66. The van der Waals surface area contributed by atoms with Gasteiger partial charge >= 0.3 is 17.8 Å². The van der Waals surface area contributed by atoms with Gasteiger partial charge < -0.3 is 19.9 Å². The van der Waals surface area contributed by atoms with Gasteiger partial charge in [0.05, 0.1) is 22.9 Å². The fourth-order valence-electron chi connectivity index (χ4n) is 3.49. The van der Waals surface area contributed by atoms with Crippen LogP contribution in [0.1, 0.15) is 17.3 Å². The summed E-state index contributed by atoms with van der Waals surface area (Å²) in [6, 6.07) is 8.41. The quantitative estimate of drug-likeness (QED) is 0.473. The van der Waals surface area contributed by atoms with Crippen molar-refractivity contribution >= 4 is 40.5 Å². The number of hydrogen-bond donors (Lipinski definition) is 1. The molecule has 0 aliphatic carbocycles. The molecule has 1 heterocycles. The molecule has 2 aromatic rings. The van der Waals surface area contributed by atoms with E-state index in [1.165, 1.54) is 18.2 Å². The summed E-state index contributed by atoms with van der Waals surface area (Å²) in [6.45, 7) is 1.77. The molecule has 2 aromatic carbocycles. The van der Waals surface area contributed by atoms with Gasteiger partial charge in [0.2, 0.25) is 0 Å². The number of ether oxygens (including phenoxy) is 1. The van der Waals surface area contributed by atoms with E-state index < -0.39 is 22.9 Å². The predicted molar refractivity (Wildman–Crippen MR) is 119 cm³/mol. The van der Waals surface area contributed by atoms with Gasteiger partial charge in [-0.25, -0.2) is 0 Å². The maximum absolute atomic E-state index is 12.8. The van der Waals surface area contributed by atoms with E-state index in [1.807, 2.05) is 0 Å². The second-order valence-electron chi connectivity index (χ2n) is 7.27. The summed E-state index contributed by atoms with van der Waals surface area (Å²) >= 11 is 6.07. The van der Waals surface area contributed by atoms with Gasteiger partial charge in [0, 0.05) is 42.8 Å². The molecule has 1 fully saturated rings. The maximum Gasteiger partial charge on any atom is 0.471 e. The number of carbonyl (C=O) groups is 2. The molecule has 1 aliphatic rings. The second kappa shape index (κ2) is 10.2. The molecule has 9 nitrogen and oxygen atoms in total. The van der Waals surface area contributed by atoms with Gasteiger partial charge in [-0.3, -0.25) is 19.7 Å². The first-order valence-electron chi connectivity index (χ1n) is 10.1. The number of anilines is 2. The maximum atomic E-state index is 12.8. The van der Waals surface area contributed by atoms with Crippen LogP contribution >= 0.6 is 11.6 Å². The van der Waals surface area contributed by atoms with Crippen LogP contribution < -0.4 is 15.0 Å². The van der Waals surface area contributed by atoms with Crippen molar-refractivity contribution in [1.82, 2.24) is 4.90 Å². The molecule has 1 saturated heterocycles. The number of amides is 2. The molecular formula is C21H20ClF3N4O5. The lowest BCUT2D eigenvalue weighted by Crippen LogP contribution is -2.52. The summed E-state index contributed by atoms with van der Waals surface area (Å²) in [6.07, 6.45) is -4.94. The molecule has 1 N–H and O–H groups in total. The van der Waals surface area contributed by atoms with Crippen molar-refractivity contribution in [3.63, 3.8) is 0 Å². The minimum Gasteiger partial charge on any atom is -0.487 e. The van der Waals surface area contributed by atoms with Gasteiger partial charge in [0.25, 0.3) is 5.91 Å². The molecule has 0 unspecified atom stereocenters. The van der Waals surface area contributed by atoms with E-state index in [2.05, 4.69) is 5.32 Å². The topological polar surface area (TPSA) is 105 Å². The lowest BCUT2D eigenvalue weighted by atomic mass is 10.1. The zero-order chi connectivity index (χ0) is 25.0. The average molecular weight is 501 g/mol.